The first-order chi connectivity index (χ1) is 7.74. The van der Waals surface area contributed by atoms with E-state index in [0.29, 0.717) is 12.1 Å². The molecule has 0 bridgehead atoms. The SMILES string of the molecule is O=C(NCCCCCO)c1cncc(O)c1. The number of hydrogen-bond acceptors (Lipinski definition) is 4. The highest BCUT2D eigenvalue weighted by Gasteiger charge is 2.05. The first-order valence-electron chi connectivity index (χ1n) is 5.27. The molecule has 0 atom stereocenters. The van der Waals surface area contributed by atoms with Gasteiger partial charge in [0.1, 0.15) is 5.75 Å². The lowest BCUT2D eigenvalue weighted by Crippen LogP contribution is -2.24. The predicted octanol–water partition coefficient (Wildman–Crippen LogP) is 0.680. The number of pyridine rings is 1. The third-order valence-corrected chi connectivity index (χ3v) is 2.11. The number of rotatable bonds is 6. The van der Waals surface area contributed by atoms with Crippen LogP contribution in [0.25, 0.3) is 0 Å². The molecule has 1 aromatic heterocycles. The van der Waals surface area contributed by atoms with Crippen LogP contribution in [0.5, 0.6) is 5.75 Å². The Labute approximate surface area is 94.1 Å². The number of nitrogens with zero attached hydrogens (tertiary/aromatic N) is 1. The highest BCUT2D eigenvalue weighted by Crippen LogP contribution is 2.08. The van der Waals surface area contributed by atoms with Crippen LogP contribution in [0, 0.1) is 0 Å². The number of amides is 1. The molecule has 16 heavy (non-hydrogen) atoms. The molecule has 0 aliphatic heterocycles. The van der Waals surface area contributed by atoms with E-state index in [9.17, 15) is 4.79 Å². The maximum atomic E-state index is 11.5. The van der Waals surface area contributed by atoms with Gasteiger partial charge < -0.3 is 15.5 Å². The number of nitrogens with one attached hydrogen (secondary N) is 1. The molecule has 1 heterocycles. The zero-order chi connectivity index (χ0) is 11.8. The number of carbonyl (C=O) groups excluding carboxylic acids is 1. The van der Waals surface area contributed by atoms with E-state index < -0.39 is 0 Å². The van der Waals surface area contributed by atoms with Gasteiger partial charge in [0, 0.05) is 19.3 Å². The number of unbranched alkanes of at least 4 members (excludes halogenated alkanes) is 2. The Bertz CT molecular complexity index is 342. The van der Waals surface area contributed by atoms with Crippen molar-refractivity contribution in [3.05, 3.63) is 24.0 Å². The summed E-state index contributed by atoms with van der Waals surface area (Å²) in [6, 6.07) is 1.37. The summed E-state index contributed by atoms with van der Waals surface area (Å²) >= 11 is 0. The third-order valence-electron chi connectivity index (χ3n) is 2.11. The third kappa shape index (κ3) is 4.27. The van der Waals surface area contributed by atoms with Gasteiger partial charge in [0.2, 0.25) is 0 Å². The van der Waals surface area contributed by atoms with Gasteiger partial charge >= 0.3 is 0 Å². The molecule has 0 aromatic carbocycles. The first-order valence-corrected chi connectivity index (χ1v) is 5.27. The fraction of sp³-hybridized carbons (Fsp3) is 0.455. The normalized spacial score (nSPS) is 10.1. The van der Waals surface area contributed by atoms with E-state index in [0.717, 1.165) is 19.3 Å². The zero-order valence-electron chi connectivity index (χ0n) is 9.02. The van der Waals surface area contributed by atoms with Crippen molar-refractivity contribution in [3.63, 3.8) is 0 Å². The summed E-state index contributed by atoms with van der Waals surface area (Å²) in [4.78, 5) is 15.2. The largest absolute Gasteiger partial charge is 0.506 e. The van der Waals surface area contributed by atoms with Crippen molar-refractivity contribution in [1.82, 2.24) is 10.3 Å². The summed E-state index contributed by atoms with van der Waals surface area (Å²) in [5, 5.41) is 20.4. The Morgan fingerprint density at radius 2 is 2.12 bits per heavy atom. The van der Waals surface area contributed by atoms with Crippen molar-refractivity contribution in [1.29, 1.82) is 0 Å². The van der Waals surface area contributed by atoms with Crippen LogP contribution >= 0.6 is 0 Å². The molecule has 0 spiro atoms. The van der Waals surface area contributed by atoms with Crippen LogP contribution in [0.1, 0.15) is 29.6 Å². The van der Waals surface area contributed by atoms with E-state index in [-0.39, 0.29) is 18.3 Å². The Morgan fingerprint density at radius 1 is 1.31 bits per heavy atom. The van der Waals surface area contributed by atoms with Gasteiger partial charge in [0.15, 0.2) is 0 Å². The molecule has 0 saturated heterocycles. The fourth-order valence-electron chi connectivity index (χ4n) is 1.27. The summed E-state index contributed by atoms with van der Waals surface area (Å²) in [5.41, 5.74) is 0.349. The molecule has 0 unspecified atom stereocenters. The van der Waals surface area contributed by atoms with Crippen LogP contribution in [0.4, 0.5) is 0 Å². The molecule has 5 heteroatoms. The van der Waals surface area contributed by atoms with Gasteiger partial charge in [-0.1, -0.05) is 0 Å². The van der Waals surface area contributed by atoms with E-state index in [2.05, 4.69) is 10.3 Å². The quantitative estimate of drug-likeness (QED) is 0.620. The molecule has 0 saturated carbocycles. The lowest BCUT2D eigenvalue weighted by Gasteiger charge is -2.04. The highest BCUT2D eigenvalue weighted by atomic mass is 16.3. The average Bonchev–Trinajstić information content (AvgIpc) is 2.28. The molecule has 88 valence electrons. The van der Waals surface area contributed by atoms with Crippen LogP contribution in [-0.4, -0.2) is 34.3 Å². The van der Waals surface area contributed by atoms with Crippen LogP contribution in [0.3, 0.4) is 0 Å². The molecule has 5 nitrogen and oxygen atoms in total. The minimum Gasteiger partial charge on any atom is -0.506 e. The maximum absolute atomic E-state index is 11.5. The lowest BCUT2D eigenvalue weighted by molar-refractivity contribution is 0.0952. The molecule has 1 amide bonds. The molecule has 0 aliphatic rings. The Kier molecular flexibility index (Phi) is 5.28. The highest BCUT2D eigenvalue weighted by molar-refractivity contribution is 5.94. The van der Waals surface area contributed by atoms with Crippen LogP contribution in [0.15, 0.2) is 18.5 Å². The van der Waals surface area contributed by atoms with Crippen LogP contribution in [-0.2, 0) is 0 Å². The van der Waals surface area contributed by atoms with Gasteiger partial charge in [-0.05, 0) is 25.3 Å². The molecule has 1 aromatic rings. The van der Waals surface area contributed by atoms with E-state index in [1.165, 1.54) is 18.5 Å². The minimum absolute atomic E-state index is 0.0204. The molecule has 0 aliphatic carbocycles. The van der Waals surface area contributed by atoms with Crippen molar-refractivity contribution < 1.29 is 15.0 Å². The lowest BCUT2D eigenvalue weighted by atomic mass is 10.2. The summed E-state index contributed by atoms with van der Waals surface area (Å²) in [6.45, 7) is 0.749. The van der Waals surface area contributed by atoms with Crippen molar-refractivity contribution in [2.45, 2.75) is 19.3 Å². The van der Waals surface area contributed by atoms with Gasteiger partial charge in [-0.15, -0.1) is 0 Å². The molecule has 1 rings (SSSR count). The first kappa shape index (κ1) is 12.4. The molecule has 3 N–H and O–H groups in total. The topological polar surface area (TPSA) is 82.5 Å². The maximum Gasteiger partial charge on any atom is 0.252 e. The molecular formula is C11H16N2O3. The van der Waals surface area contributed by atoms with Gasteiger partial charge in [-0.2, -0.15) is 0 Å². The van der Waals surface area contributed by atoms with Crippen molar-refractivity contribution >= 4 is 5.91 Å². The van der Waals surface area contributed by atoms with E-state index in [1.807, 2.05) is 0 Å². The number of aliphatic hydroxyl groups excluding tert-OH is 1. The molecule has 0 radical (unpaired) electrons. The van der Waals surface area contributed by atoms with Crippen molar-refractivity contribution in [2.75, 3.05) is 13.2 Å². The number of hydrogen-bond donors (Lipinski definition) is 3. The smallest absolute Gasteiger partial charge is 0.252 e. The van der Waals surface area contributed by atoms with E-state index >= 15 is 0 Å². The summed E-state index contributed by atoms with van der Waals surface area (Å²) < 4.78 is 0. The van der Waals surface area contributed by atoms with Gasteiger partial charge in [0.05, 0.1) is 11.8 Å². The fourth-order valence-corrected chi connectivity index (χ4v) is 1.27. The Balaban J connectivity index is 2.30. The monoisotopic (exact) mass is 224 g/mol. The van der Waals surface area contributed by atoms with Crippen LogP contribution in [0.2, 0.25) is 0 Å². The molecular weight excluding hydrogens is 208 g/mol. The van der Waals surface area contributed by atoms with Gasteiger partial charge in [0.25, 0.3) is 5.91 Å². The summed E-state index contributed by atoms with van der Waals surface area (Å²) in [5.74, 6) is -0.264. The zero-order valence-corrected chi connectivity index (χ0v) is 9.02. The number of aromatic hydroxyl groups is 1. The Morgan fingerprint density at radius 3 is 2.81 bits per heavy atom. The predicted molar refractivity (Wildman–Crippen MR) is 59.2 cm³/mol. The second-order valence-corrected chi connectivity index (χ2v) is 3.47. The number of carbonyl (C=O) groups is 1. The van der Waals surface area contributed by atoms with Gasteiger partial charge in [-0.3, -0.25) is 9.78 Å². The van der Waals surface area contributed by atoms with E-state index in [4.69, 9.17) is 10.2 Å². The molecule has 0 fully saturated rings. The summed E-state index contributed by atoms with van der Waals surface area (Å²) in [6.07, 6.45) is 5.15. The van der Waals surface area contributed by atoms with Crippen molar-refractivity contribution in [2.24, 2.45) is 0 Å². The second kappa shape index (κ2) is 6.79. The van der Waals surface area contributed by atoms with E-state index in [1.54, 1.807) is 0 Å². The van der Waals surface area contributed by atoms with Crippen molar-refractivity contribution in [3.8, 4) is 5.75 Å². The van der Waals surface area contributed by atoms with Gasteiger partial charge in [-0.25, -0.2) is 0 Å². The number of aliphatic hydroxyl groups is 1. The summed E-state index contributed by atoms with van der Waals surface area (Å²) in [7, 11) is 0. The minimum atomic E-state index is -0.243. The second-order valence-electron chi connectivity index (χ2n) is 3.47. The Hall–Kier alpha value is -1.62. The number of aromatic nitrogens is 1. The average molecular weight is 224 g/mol. The van der Waals surface area contributed by atoms with Crippen LogP contribution < -0.4 is 5.32 Å². The standard InChI is InChI=1S/C11H16N2O3/c14-5-3-1-2-4-13-11(16)9-6-10(15)8-12-7-9/h6-8,14-15H,1-5H2,(H,13,16).